The number of piperidine rings is 1. The van der Waals surface area contributed by atoms with Crippen LogP contribution in [0.2, 0.25) is 0 Å². The Morgan fingerprint density at radius 1 is 1.24 bits per heavy atom. The van der Waals surface area contributed by atoms with Crippen LogP contribution in [0.4, 0.5) is 19.0 Å². The van der Waals surface area contributed by atoms with Gasteiger partial charge in [-0.25, -0.2) is 9.97 Å². The molecule has 1 aliphatic heterocycles. The first-order valence-electron chi connectivity index (χ1n) is 9.35. The number of hydrogen-bond acceptors (Lipinski definition) is 5. The number of ether oxygens (including phenoxy) is 1. The van der Waals surface area contributed by atoms with E-state index in [1.807, 2.05) is 18.2 Å². The Hall–Kier alpha value is -2.84. The SMILES string of the molecule is COc1ccccc1CC(=O)NC1CCN(c2cc(C(F)(F)F)nc(C)n2)CC1. The van der Waals surface area contributed by atoms with Crippen LogP contribution in [0.3, 0.4) is 0 Å². The number of nitrogens with one attached hydrogen (secondary N) is 1. The standard InChI is InChI=1S/C20H23F3N4O2/c1-13-24-17(20(21,22)23)12-18(25-13)27-9-7-15(8-10-27)26-19(28)11-14-5-3-4-6-16(14)29-2/h3-6,12,15H,7-11H2,1-2H3,(H,26,28). The van der Waals surface area contributed by atoms with Crippen molar-refractivity contribution in [2.24, 2.45) is 0 Å². The van der Waals surface area contributed by atoms with E-state index < -0.39 is 11.9 Å². The lowest BCUT2D eigenvalue weighted by molar-refractivity contribution is -0.141. The predicted octanol–water partition coefficient (Wildman–Crippen LogP) is 3.14. The highest BCUT2D eigenvalue weighted by Crippen LogP contribution is 2.30. The molecule has 2 aromatic rings. The number of aromatic nitrogens is 2. The van der Waals surface area contributed by atoms with E-state index in [0.29, 0.717) is 31.7 Å². The molecule has 6 nitrogen and oxygen atoms in total. The van der Waals surface area contributed by atoms with Gasteiger partial charge in [-0.1, -0.05) is 18.2 Å². The van der Waals surface area contributed by atoms with Crippen molar-refractivity contribution in [1.82, 2.24) is 15.3 Å². The molecule has 1 fully saturated rings. The summed E-state index contributed by atoms with van der Waals surface area (Å²) in [6, 6.07) is 8.29. The zero-order valence-corrected chi connectivity index (χ0v) is 16.3. The van der Waals surface area contributed by atoms with Gasteiger partial charge in [0, 0.05) is 30.8 Å². The van der Waals surface area contributed by atoms with E-state index in [2.05, 4.69) is 15.3 Å². The molecular weight excluding hydrogens is 385 g/mol. The molecule has 0 bridgehead atoms. The van der Waals surface area contributed by atoms with Gasteiger partial charge in [-0.2, -0.15) is 13.2 Å². The molecule has 9 heteroatoms. The maximum Gasteiger partial charge on any atom is 0.433 e. The average molecular weight is 408 g/mol. The Morgan fingerprint density at radius 2 is 1.93 bits per heavy atom. The maximum absolute atomic E-state index is 13.0. The van der Waals surface area contributed by atoms with Crippen LogP contribution in [0.15, 0.2) is 30.3 Å². The van der Waals surface area contributed by atoms with Crippen LogP contribution >= 0.6 is 0 Å². The summed E-state index contributed by atoms with van der Waals surface area (Å²) in [4.78, 5) is 21.8. The van der Waals surface area contributed by atoms with Gasteiger partial charge in [0.05, 0.1) is 13.5 Å². The number of halogens is 3. The van der Waals surface area contributed by atoms with Crippen LogP contribution in [0.1, 0.15) is 29.9 Å². The van der Waals surface area contributed by atoms with Crippen molar-refractivity contribution in [3.63, 3.8) is 0 Å². The van der Waals surface area contributed by atoms with Gasteiger partial charge < -0.3 is 15.0 Å². The molecule has 1 amide bonds. The Balaban J connectivity index is 1.57. The Bertz CT molecular complexity index is 865. The lowest BCUT2D eigenvalue weighted by atomic mass is 10.0. The molecule has 1 aromatic carbocycles. The molecule has 1 saturated heterocycles. The number of rotatable bonds is 5. The summed E-state index contributed by atoms with van der Waals surface area (Å²) >= 11 is 0. The van der Waals surface area contributed by atoms with Gasteiger partial charge in [0.1, 0.15) is 23.1 Å². The number of carbonyl (C=O) groups excluding carboxylic acids is 1. The number of anilines is 1. The van der Waals surface area contributed by atoms with Crippen molar-refractivity contribution in [3.05, 3.63) is 47.4 Å². The van der Waals surface area contributed by atoms with Gasteiger partial charge in [-0.05, 0) is 25.8 Å². The Kier molecular flexibility index (Phi) is 6.24. The third-order valence-electron chi connectivity index (χ3n) is 4.84. The van der Waals surface area contributed by atoms with Crippen molar-refractivity contribution >= 4 is 11.7 Å². The molecule has 1 N–H and O–H groups in total. The lowest BCUT2D eigenvalue weighted by Crippen LogP contribution is -2.45. The molecule has 1 aliphatic rings. The smallest absolute Gasteiger partial charge is 0.433 e. The fraction of sp³-hybridized carbons (Fsp3) is 0.450. The molecule has 2 heterocycles. The van der Waals surface area contributed by atoms with Gasteiger partial charge in [-0.15, -0.1) is 0 Å². The number of aryl methyl sites for hydroxylation is 1. The maximum atomic E-state index is 13.0. The highest BCUT2D eigenvalue weighted by Gasteiger charge is 2.34. The van der Waals surface area contributed by atoms with Gasteiger partial charge in [-0.3, -0.25) is 4.79 Å². The zero-order chi connectivity index (χ0) is 21.0. The van der Waals surface area contributed by atoms with E-state index in [-0.39, 0.29) is 30.0 Å². The second-order valence-corrected chi connectivity index (χ2v) is 6.97. The summed E-state index contributed by atoms with van der Waals surface area (Å²) < 4.78 is 44.2. The average Bonchev–Trinajstić information content (AvgIpc) is 2.68. The van der Waals surface area contributed by atoms with E-state index in [4.69, 9.17) is 4.74 Å². The van der Waals surface area contributed by atoms with Crippen molar-refractivity contribution < 1.29 is 22.7 Å². The van der Waals surface area contributed by atoms with Crippen LogP contribution in [0.5, 0.6) is 5.75 Å². The second-order valence-electron chi connectivity index (χ2n) is 6.97. The van der Waals surface area contributed by atoms with Crippen molar-refractivity contribution in [2.75, 3.05) is 25.1 Å². The van der Waals surface area contributed by atoms with E-state index in [1.54, 1.807) is 18.1 Å². The predicted molar refractivity (Wildman–Crippen MR) is 102 cm³/mol. The fourth-order valence-corrected chi connectivity index (χ4v) is 3.41. The number of nitrogens with zero attached hydrogens (tertiary/aromatic N) is 3. The van der Waals surface area contributed by atoms with Crippen molar-refractivity contribution in [3.8, 4) is 5.75 Å². The Labute approximate surface area is 167 Å². The lowest BCUT2D eigenvalue weighted by Gasteiger charge is -2.33. The van der Waals surface area contributed by atoms with Crippen LogP contribution in [0.25, 0.3) is 0 Å². The minimum atomic E-state index is -4.51. The van der Waals surface area contributed by atoms with E-state index in [0.717, 1.165) is 11.6 Å². The summed E-state index contributed by atoms with van der Waals surface area (Å²) in [5.41, 5.74) is -0.131. The molecule has 29 heavy (non-hydrogen) atoms. The molecule has 0 aliphatic carbocycles. The number of amides is 1. The topological polar surface area (TPSA) is 67.3 Å². The van der Waals surface area contributed by atoms with Gasteiger partial charge in [0.15, 0.2) is 0 Å². The number of carbonyl (C=O) groups is 1. The Morgan fingerprint density at radius 3 is 2.59 bits per heavy atom. The van der Waals surface area contributed by atoms with E-state index in [1.165, 1.54) is 6.92 Å². The molecule has 0 radical (unpaired) electrons. The summed E-state index contributed by atoms with van der Waals surface area (Å²) in [5.74, 6) is 0.910. The first kappa shape index (κ1) is 20.9. The van der Waals surface area contributed by atoms with E-state index in [9.17, 15) is 18.0 Å². The number of benzene rings is 1. The minimum absolute atomic E-state index is 0.0292. The quantitative estimate of drug-likeness (QED) is 0.823. The van der Waals surface area contributed by atoms with Crippen LogP contribution in [-0.4, -0.2) is 42.1 Å². The monoisotopic (exact) mass is 408 g/mol. The summed E-state index contributed by atoms with van der Waals surface area (Å²) in [6.07, 6.45) is -3.04. The van der Waals surface area contributed by atoms with Crippen molar-refractivity contribution in [1.29, 1.82) is 0 Å². The first-order valence-corrected chi connectivity index (χ1v) is 9.35. The molecule has 156 valence electrons. The van der Waals surface area contributed by atoms with Gasteiger partial charge in [0.25, 0.3) is 0 Å². The number of para-hydroxylation sites is 1. The highest BCUT2D eigenvalue weighted by molar-refractivity contribution is 5.79. The number of hydrogen-bond donors (Lipinski definition) is 1. The van der Waals surface area contributed by atoms with Crippen LogP contribution in [0, 0.1) is 6.92 Å². The third-order valence-corrected chi connectivity index (χ3v) is 4.84. The largest absolute Gasteiger partial charge is 0.496 e. The zero-order valence-electron chi connectivity index (χ0n) is 16.3. The number of methoxy groups -OCH3 is 1. The van der Waals surface area contributed by atoms with E-state index >= 15 is 0 Å². The molecule has 0 atom stereocenters. The van der Waals surface area contributed by atoms with Gasteiger partial charge in [0.2, 0.25) is 5.91 Å². The fourth-order valence-electron chi connectivity index (χ4n) is 3.41. The minimum Gasteiger partial charge on any atom is -0.496 e. The highest BCUT2D eigenvalue weighted by atomic mass is 19.4. The summed E-state index contributed by atoms with van der Waals surface area (Å²) in [6.45, 7) is 2.46. The molecule has 0 spiro atoms. The van der Waals surface area contributed by atoms with Crippen LogP contribution < -0.4 is 15.0 Å². The van der Waals surface area contributed by atoms with Crippen molar-refractivity contribution in [2.45, 2.75) is 38.4 Å². The first-order chi connectivity index (χ1) is 13.8. The number of alkyl halides is 3. The molecule has 1 aromatic heterocycles. The summed E-state index contributed by atoms with van der Waals surface area (Å²) in [5, 5.41) is 3.00. The normalized spacial score (nSPS) is 15.3. The van der Waals surface area contributed by atoms with Crippen LogP contribution in [-0.2, 0) is 17.4 Å². The molecule has 3 rings (SSSR count). The molecule has 0 saturated carbocycles. The molecule has 0 unspecified atom stereocenters. The molecular formula is C20H23F3N4O2. The van der Waals surface area contributed by atoms with Gasteiger partial charge >= 0.3 is 6.18 Å². The second kappa shape index (κ2) is 8.67. The third kappa shape index (κ3) is 5.36. The summed E-state index contributed by atoms with van der Waals surface area (Å²) in [7, 11) is 1.56.